The maximum atomic E-state index is 13.7. The molecule has 0 spiro atoms. The number of halogens is 2. The summed E-state index contributed by atoms with van der Waals surface area (Å²) in [5.41, 5.74) is 0.883. The molecule has 2 rings (SSSR count). The molecule has 0 aliphatic heterocycles. The fourth-order valence-corrected chi connectivity index (χ4v) is 2.02. The highest BCUT2D eigenvalue weighted by atomic mass is 35.5. The van der Waals surface area contributed by atoms with Crippen LogP contribution >= 0.6 is 11.6 Å². The van der Waals surface area contributed by atoms with E-state index in [1.165, 1.54) is 19.2 Å². The lowest BCUT2D eigenvalue weighted by atomic mass is 10.1. The van der Waals surface area contributed by atoms with Gasteiger partial charge in [-0.05, 0) is 36.4 Å². The predicted octanol–water partition coefficient (Wildman–Crippen LogP) is 3.80. The Morgan fingerprint density at radius 2 is 2.10 bits per heavy atom. The molecule has 0 saturated heterocycles. The van der Waals surface area contributed by atoms with Gasteiger partial charge in [-0.3, -0.25) is 0 Å². The molecule has 0 heterocycles. The molecule has 0 unspecified atom stereocenters. The number of hydrogen-bond donors (Lipinski definition) is 2. The zero-order valence-corrected chi connectivity index (χ0v) is 11.9. The summed E-state index contributed by atoms with van der Waals surface area (Å²) in [6.45, 7) is 0.115. The van der Waals surface area contributed by atoms with E-state index < -0.39 is 11.8 Å². The molecule has 2 N–H and O–H groups in total. The molecule has 0 aliphatic rings. The smallest absolute Gasteiger partial charge is 0.335 e. The van der Waals surface area contributed by atoms with Gasteiger partial charge in [0.15, 0.2) is 0 Å². The van der Waals surface area contributed by atoms with E-state index in [2.05, 4.69) is 5.32 Å². The zero-order valence-electron chi connectivity index (χ0n) is 11.2. The van der Waals surface area contributed by atoms with Gasteiger partial charge in [0.05, 0.1) is 18.4 Å². The van der Waals surface area contributed by atoms with Crippen LogP contribution in [0.1, 0.15) is 15.9 Å². The molecule has 2 aromatic carbocycles. The normalized spacial score (nSPS) is 10.2. The number of methoxy groups -OCH3 is 1. The van der Waals surface area contributed by atoms with Crippen molar-refractivity contribution >= 4 is 23.3 Å². The molecule has 21 heavy (non-hydrogen) atoms. The van der Waals surface area contributed by atoms with Crippen LogP contribution in [-0.4, -0.2) is 18.2 Å². The Hall–Kier alpha value is -2.27. The van der Waals surface area contributed by atoms with E-state index in [-0.39, 0.29) is 17.7 Å². The monoisotopic (exact) mass is 309 g/mol. The van der Waals surface area contributed by atoms with Gasteiger partial charge in [0.1, 0.15) is 11.6 Å². The first-order valence-electron chi connectivity index (χ1n) is 6.10. The van der Waals surface area contributed by atoms with Gasteiger partial charge in [0, 0.05) is 17.1 Å². The van der Waals surface area contributed by atoms with Gasteiger partial charge in [-0.1, -0.05) is 11.6 Å². The van der Waals surface area contributed by atoms with Gasteiger partial charge in [-0.15, -0.1) is 0 Å². The fourth-order valence-electron chi connectivity index (χ4n) is 1.85. The summed E-state index contributed by atoms with van der Waals surface area (Å²) in [4.78, 5) is 10.9. The number of rotatable bonds is 5. The molecular formula is C15H13ClFNO3. The molecule has 0 bridgehead atoms. The van der Waals surface area contributed by atoms with Crippen LogP contribution in [0.3, 0.4) is 0 Å². The summed E-state index contributed by atoms with van der Waals surface area (Å²) in [6.07, 6.45) is 0. The Kier molecular flexibility index (Phi) is 4.65. The lowest BCUT2D eigenvalue weighted by molar-refractivity contribution is 0.0696. The van der Waals surface area contributed by atoms with Crippen LogP contribution in [0.4, 0.5) is 10.1 Å². The molecule has 0 radical (unpaired) electrons. The van der Waals surface area contributed by atoms with Crippen LogP contribution in [0, 0.1) is 5.82 Å². The molecule has 2 aromatic rings. The lowest BCUT2D eigenvalue weighted by Gasteiger charge is -2.12. The van der Waals surface area contributed by atoms with Crippen LogP contribution < -0.4 is 10.1 Å². The van der Waals surface area contributed by atoms with E-state index in [9.17, 15) is 9.18 Å². The highest BCUT2D eigenvalue weighted by molar-refractivity contribution is 6.30. The van der Waals surface area contributed by atoms with Crippen LogP contribution in [-0.2, 0) is 6.54 Å². The van der Waals surface area contributed by atoms with Crippen molar-refractivity contribution in [3.8, 4) is 5.75 Å². The fraction of sp³-hybridized carbons (Fsp3) is 0.133. The van der Waals surface area contributed by atoms with Crippen LogP contribution in [0.5, 0.6) is 5.75 Å². The Morgan fingerprint density at radius 3 is 2.76 bits per heavy atom. The third-order valence-electron chi connectivity index (χ3n) is 2.92. The van der Waals surface area contributed by atoms with E-state index in [1.54, 1.807) is 18.2 Å². The SMILES string of the molecule is COc1ccc(Cl)cc1NCc1cc(C(=O)O)ccc1F. The minimum Gasteiger partial charge on any atom is -0.495 e. The lowest BCUT2D eigenvalue weighted by Crippen LogP contribution is -2.06. The van der Waals surface area contributed by atoms with Gasteiger partial charge in [0.25, 0.3) is 0 Å². The zero-order chi connectivity index (χ0) is 15.4. The number of benzene rings is 2. The average Bonchev–Trinajstić information content (AvgIpc) is 2.46. The van der Waals surface area contributed by atoms with Crippen molar-refractivity contribution in [2.45, 2.75) is 6.54 Å². The van der Waals surface area contributed by atoms with Crippen molar-refractivity contribution in [2.24, 2.45) is 0 Å². The van der Waals surface area contributed by atoms with Crippen molar-refractivity contribution in [3.05, 3.63) is 58.4 Å². The molecule has 0 aromatic heterocycles. The van der Waals surface area contributed by atoms with Crippen LogP contribution in [0.25, 0.3) is 0 Å². The van der Waals surface area contributed by atoms with E-state index in [4.69, 9.17) is 21.4 Å². The Balaban J connectivity index is 2.22. The molecule has 6 heteroatoms. The van der Waals surface area contributed by atoms with Crippen LogP contribution in [0.2, 0.25) is 5.02 Å². The van der Waals surface area contributed by atoms with Crippen molar-refractivity contribution in [3.63, 3.8) is 0 Å². The number of anilines is 1. The van der Waals surface area contributed by atoms with Gasteiger partial charge in [0.2, 0.25) is 0 Å². The Bertz CT molecular complexity index is 676. The van der Waals surface area contributed by atoms with E-state index in [0.717, 1.165) is 6.07 Å². The molecule has 110 valence electrons. The molecule has 0 aliphatic carbocycles. The van der Waals surface area contributed by atoms with Crippen molar-refractivity contribution in [2.75, 3.05) is 12.4 Å². The average molecular weight is 310 g/mol. The number of ether oxygens (including phenoxy) is 1. The first-order chi connectivity index (χ1) is 10.0. The summed E-state index contributed by atoms with van der Waals surface area (Å²) >= 11 is 5.91. The first kappa shape index (κ1) is 15.1. The predicted molar refractivity (Wildman–Crippen MR) is 78.7 cm³/mol. The first-order valence-corrected chi connectivity index (χ1v) is 6.48. The van der Waals surface area contributed by atoms with Gasteiger partial charge >= 0.3 is 5.97 Å². The second kappa shape index (κ2) is 6.45. The molecule has 0 amide bonds. The van der Waals surface area contributed by atoms with Crippen molar-refractivity contribution in [1.82, 2.24) is 0 Å². The Labute approximate surface area is 126 Å². The van der Waals surface area contributed by atoms with Gasteiger partial charge in [-0.25, -0.2) is 9.18 Å². The standard InChI is InChI=1S/C15H13ClFNO3/c1-21-14-5-3-11(16)7-13(14)18-8-10-6-9(15(19)20)2-4-12(10)17/h2-7,18H,8H2,1H3,(H,19,20). The summed E-state index contributed by atoms with van der Waals surface area (Å²) in [6, 6.07) is 8.67. The molecule has 0 atom stereocenters. The van der Waals surface area contributed by atoms with Crippen LogP contribution in [0.15, 0.2) is 36.4 Å². The second-order valence-electron chi connectivity index (χ2n) is 4.31. The second-order valence-corrected chi connectivity index (χ2v) is 4.75. The number of nitrogens with one attached hydrogen (secondary N) is 1. The van der Waals surface area contributed by atoms with E-state index in [0.29, 0.717) is 16.5 Å². The maximum absolute atomic E-state index is 13.7. The topological polar surface area (TPSA) is 58.6 Å². The summed E-state index contributed by atoms with van der Waals surface area (Å²) in [5.74, 6) is -1.01. The van der Waals surface area contributed by atoms with Crippen molar-refractivity contribution in [1.29, 1.82) is 0 Å². The van der Waals surface area contributed by atoms with Crippen molar-refractivity contribution < 1.29 is 19.0 Å². The molecule has 0 saturated carbocycles. The number of carboxylic acids is 1. The molecule has 4 nitrogen and oxygen atoms in total. The number of carbonyl (C=O) groups is 1. The number of hydrogen-bond acceptors (Lipinski definition) is 3. The molecular weight excluding hydrogens is 297 g/mol. The third kappa shape index (κ3) is 3.64. The minimum atomic E-state index is -1.10. The Morgan fingerprint density at radius 1 is 1.33 bits per heavy atom. The highest BCUT2D eigenvalue weighted by Crippen LogP contribution is 2.28. The quantitative estimate of drug-likeness (QED) is 0.882. The summed E-state index contributed by atoms with van der Waals surface area (Å²) < 4.78 is 18.9. The van der Waals surface area contributed by atoms with E-state index in [1.807, 2.05) is 0 Å². The highest BCUT2D eigenvalue weighted by Gasteiger charge is 2.10. The third-order valence-corrected chi connectivity index (χ3v) is 3.16. The summed E-state index contributed by atoms with van der Waals surface area (Å²) in [7, 11) is 1.51. The van der Waals surface area contributed by atoms with E-state index >= 15 is 0 Å². The maximum Gasteiger partial charge on any atom is 0.335 e. The minimum absolute atomic E-state index is 0.0336. The largest absolute Gasteiger partial charge is 0.495 e. The molecule has 0 fully saturated rings. The number of carboxylic acid groups (broad SMARTS) is 1. The number of aromatic carboxylic acids is 1. The summed E-state index contributed by atoms with van der Waals surface area (Å²) in [5, 5.41) is 12.4. The van der Waals surface area contributed by atoms with Gasteiger partial charge < -0.3 is 15.2 Å². The van der Waals surface area contributed by atoms with Gasteiger partial charge in [-0.2, -0.15) is 0 Å².